The van der Waals surface area contributed by atoms with Gasteiger partial charge >= 0.3 is 0 Å². The van der Waals surface area contributed by atoms with Crippen molar-refractivity contribution < 1.29 is 21.6 Å². The summed E-state index contributed by atoms with van der Waals surface area (Å²) in [5.41, 5.74) is 0. The van der Waals surface area contributed by atoms with Crippen molar-refractivity contribution in [2.45, 2.75) is 17.9 Å². The Morgan fingerprint density at radius 2 is 1.85 bits per heavy atom. The first-order valence-corrected chi connectivity index (χ1v) is 6.95. The van der Waals surface area contributed by atoms with Crippen LogP contribution in [0.1, 0.15) is 18.8 Å². The van der Waals surface area contributed by atoms with E-state index < -0.39 is 38.4 Å². The molecule has 20 heavy (non-hydrogen) atoms. The topological polar surface area (TPSA) is 74.8 Å². The number of aromatic amines is 1. The lowest BCUT2D eigenvalue weighted by molar-refractivity contribution is 0.490. The average Bonchev–Trinajstić information content (AvgIpc) is 2.78. The summed E-state index contributed by atoms with van der Waals surface area (Å²) in [7, 11) is -4.49. The van der Waals surface area contributed by atoms with Crippen LogP contribution in [0.3, 0.4) is 0 Å². The molecule has 0 amide bonds. The highest BCUT2D eigenvalue weighted by Crippen LogP contribution is 2.21. The first-order chi connectivity index (χ1) is 9.31. The van der Waals surface area contributed by atoms with E-state index in [4.69, 9.17) is 0 Å². The molecule has 2 N–H and O–H groups in total. The Labute approximate surface area is 112 Å². The van der Waals surface area contributed by atoms with Gasteiger partial charge in [0.15, 0.2) is 4.90 Å². The van der Waals surface area contributed by atoms with E-state index in [1.807, 2.05) is 0 Å². The number of sulfonamides is 1. The van der Waals surface area contributed by atoms with Crippen molar-refractivity contribution in [3.8, 4) is 0 Å². The SMILES string of the molecule is CC(NS(=O)(=O)c1c(F)cc(F)cc1F)c1ncc[nH]1. The maximum absolute atomic E-state index is 13.5. The van der Waals surface area contributed by atoms with Crippen LogP contribution >= 0.6 is 0 Å². The summed E-state index contributed by atoms with van der Waals surface area (Å²) in [4.78, 5) is 5.26. The van der Waals surface area contributed by atoms with Crippen LogP contribution in [0.2, 0.25) is 0 Å². The molecule has 108 valence electrons. The summed E-state index contributed by atoms with van der Waals surface area (Å²) >= 11 is 0. The van der Waals surface area contributed by atoms with Gasteiger partial charge in [0.25, 0.3) is 0 Å². The van der Waals surface area contributed by atoms with Gasteiger partial charge in [-0.05, 0) is 6.92 Å². The largest absolute Gasteiger partial charge is 0.347 e. The van der Waals surface area contributed by atoms with Gasteiger partial charge in [-0.1, -0.05) is 0 Å². The van der Waals surface area contributed by atoms with Crippen LogP contribution in [-0.2, 0) is 10.0 Å². The van der Waals surface area contributed by atoms with Gasteiger partial charge in [0, 0.05) is 24.5 Å². The van der Waals surface area contributed by atoms with Crippen LogP contribution in [0.4, 0.5) is 13.2 Å². The molecule has 0 aliphatic carbocycles. The number of rotatable bonds is 4. The first-order valence-electron chi connectivity index (χ1n) is 5.47. The van der Waals surface area contributed by atoms with Crippen molar-refractivity contribution in [1.82, 2.24) is 14.7 Å². The predicted molar refractivity (Wildman–Crippen MR) is 63.6 cm³/mol. The van der Waals surface area contributed by atoms with Crippen LogP contribution in [0, 0.1) is 17.5 Å². The lowest BCUT2D eigenvalue weighted by Crippen LogP contribution is -2.29. The van der Waals surface area contributed by atoms with Crippen LogP contribution in [0.15, 0.2) is 29.4 Å². The summed E-state index contributed by atoms with van der Waals surface area (Å²) in [5.74, 6) is -3.92. The van der Waals surface area contributed by atoms with E-state index in [0.29, 0.717) is 12.1 Å². The van der Waals surface area contributed by atoms with Crippen LogP contribution in [-0.4, -0.2) is 18.4 Å². The van der Waals surface area contributed by atoms with E-state index in [9.17, 15) is 21.6 Å². The summed E-state index contributed by atoms with van der Waals surface area (Å²) in [5, 5.41) is 0. The smallest absolute Gasteiger partial charge is 0.247 e. The average molecular weight is 305 g/mol. The van der Waals surface area contributed by atoms with Crippen LogP contribution < -0.4 is 4.72 Å². The van der Waals surface area contributed by atoms with Crippen molar-refractivity contribution in [2.75, 3.05) is 0 Å². The summed E-state index contributed by atoms with van der Waals surface area (Å²) in [6, 6.07) is -0.233. The molecule has 2 aromatic rings. The van der Waals surface area contributed by atoms with E-state index in [0.717, 1.165) is 0 Å². The molecule has 1 atom stereocenters. The van der Waals surface area contributed by atoms with E-state index >= 15 is 0 Å². The van der Waals surface area contributed by atoms with Gasteiger partial charge in [-0.3, -0.25) is 0 Å². The molecular formula is C11H10F3N3O2S. The van der Waals surface area contributed by atoms with Gasteiger partial charge < -0.3 is 4.98 Å². The Morgan fingerprint density at radius 1 is 1.25 bits per heavy atom. The van der Waals surface area contributed by atoms with Crippen molar-refractivity contribution >= 4 is 10.0 Å². The molecule has 0 bridgehead atoms. The highest BCUT2D eigenvalue weighted by Gasteiger charge is 2.27. The fourth-order valence-electron chi connectivity index (χ4n) is 1.65. The molecule has 0 saturated heterocycles. The number of nitrogens with zero attached hydrogens (tertiary/aromatic N) is 1. The number of nitrogens with one attached hydrogen (secondary N) is 2. The van der Waals surface area contributed by atoms with Gasteiger partial charge in [-0.25, -0.2) is 31.3 Å². The molecule has 1 aromatic carbocycles. The summed E-state index contributed by atoms with van der Waals surface area (Å²) in [6.45, 7) is 1.44. The van der Waals surface area contributed by atoms with E-state index in [-0.39, 0.29) is 5.82 Å². The van der Waals surface area contributed by atoms with E-state index in [1.165, 1.54) is 19.3 Å². The lowest BCUT2D eigenvalue weighted by atomic mass is 10.3. The fraction of sp³-hybridized carbons (Fsp3) is 0.182. The standard InChI is InChI=1S/C11H10F3N3O2S/c1-6(11-15-2-3-16-11)17-20(18,19)10-8(13)4-7(12)5-9(10)14/h2-6,17H,1H3,(H,15,16). The summed E-state index contributed by atoms with van der Waals surface area (Å²) in [6.07, 6.45) is 2.87. The molecule has 2 rings (SSSR count). The molecule has 0 aliphatic heterocycles. The first kappa shape index (κ1) is 14.5. The molecule has 5 nitrogen and oxygen atoms in total. The third-order valence-corrected chi connectivity index (χ3v) is 4.08. The molecule has 0 radical (unpaired) electrons. The molecule has 1 unspecified atom stereocenters. The number of aromatic nitrogens is 2. The maximum atomic E-state index is 13.5. The van der Waals surface area contributed by atoms with Crippen molar-refractivity contribution in [3.63, 3.8) is 0 Å². The Morgan fingerprint density at radius 3 is 2.35 bits per heavy atom. The Balaban J connectivity index is 2.37. The minimum Gasteiger partial charge on any atom is -0.347 e. The zero-order valence-corrected chi connectivity index (χ0v) is 11.0. The molecular weight excluding hydrogens is 295 g/mol. The number of benzene rings is 1. The quantitative estimate of drug-likeness (QED) is 0.905. The predicted octanol–water partition coefficient (Wildman–Crippen LogP) is 1.87. The maximum Gasteiger partial charge on any atom is 0.247 e. The van der Waals surface area contributed by atoms with Crippen molar-refractivity contribution in [3.05, 3.63) is 47.8 Å². The third-order valence-electron chi connectivity index (χ3n) is 2.49. The van der Waals surface area contributed by atoms with Gasteiger partial charge in [0.1, 0.15) is 23.3 Å². The third kappa shape index (κ3) is 2.83. The zero-order valence-electron chi connectivity index (χ0n) is 10.2. The minimum absolute atomic E-state index is 0.275. The van der Waals surface area contributed by atoms with Gasteiger partial charge in [0.2, 0.25) is 10.0 Å². The van der Waals surface area contributed by atoms with Gasteiger partial charge in [0.05, 0.1) is 6.04 Å². The normalized spacial score (nSPS) is 13.4. The van der Waals surface area contributed by atoms with E-state index in [2.05, 4.69) is 14.7 Å². The molecule has 0 aliphatic rings. The van der Waals surface area contributed by atoms with Crippen molar-refractivity contribution in [1.29, 1.82) is 0 Å². The molecule has 1 aromatic heterocycles. The fourth-order valence-corrected chi connectivity index (χ4v) is 2.97. The molecule has 9 heteroatoms. The Bertz CT molecular complexity index is 694. The van der Waals surface area contributed by atoms with Crippen LogP contribution in [0.5, 0.6) is 0 Å². The Kier molecular flexibility index (Phi) is 3.82. The number of hydrogen-bond donors (Lipinski definition) is 2. The van der Waals surface area contributed by atoms with Gasteiger partial charge in [-0.2, -0.15) is 0 Å². The second-order valence-electron chi connectivity index (χ2n) is 4.02. The monoisotopic (exact) mass is 305 g/mol. The van der Waals surface area contributed by atoms with E-state index in [1.54, 1.807) is 0 Å². The second-order valence-corrected chi connectivity index (χ2v) is 5.67. The van der Waals surface area contributed by atoms with Crippen LogP contribution in [0.25, 0.3) is 0 Å². The highest BCUT2D eigenvalue weighted by atomic mass is 32.2. The number of halogens is 3. The lowest BCUT2D eigenvalue weighted by Gasteiger charge is -2.13. The number of H-pyrrole nitrogens is 1. The van der Waals surface area contributed by atoms with Crippen molar-refractivity contribution in [2.24, 2.45) is 0 Å². The summed E-state index contributed by atoms with van der Waals surface area (Å²) < 4.78 is 65.6. The molecule has 0 spiro atoms. The molecule has 0 saturated carbocycles. The number of hydrogen-bond acceptors (Lipinski definition) is 3. The van der Waals surface area contributed by atoms with Gasteiger partial charge in [-0.15, -0.1) is 0 Å². The molecule has 0 fully saturated rings. The Hall–Kier alpha value is -1.87. The zero-order chi connectivity index (χ0) is 14.9. The highest BCUT2D eigenvalue weighted by molar-refractivity contribution is 7.89. The molecule has 1 heterocycles. The minimum atomic E-state index is -4.49. The second kappa shape index (κ2) is 5.25. The number of imidazole rings is 1.